The molecule has 0 aliphatic carbocycles. The van der Waals surface area contributed by atoms with Crippen molar-refractivity contribution in [3.05, 3.63) is 106 Å². The van der Waals surface area contributed by atoms with Crippen LogP contribution in [0.5, 0.6) is 0 Å². The van der Waals surface area contributed by atoms with Crippen LogP contribution >= 0.6 is 11.6 Å². The first-order chi connectivity index (χ1) is 15.8. The molecule has 1 N–H and O–H groups in total. The van der Waals surface area contributed by atoms with Crippen molar-refractivity contribution in [2.45, 2.75) is 52.2 Å². The highest BCUT2D eigenvalue weighted by molar-refractivity contribution is 6.30. The number of carbonyl (C=O) groups is 2. The Morgan fingerprint density at radius 2 is 1.45 bits per heavy atom. The molecule has 33 heavy (non-hydrogen) atoms. The molecule has 1 atom stereocenters. The highest BCUT2D eigenvalue weighted by Gasteiger charge is 2.30. The van der Waals surface area contributed by atoms with Gasteiger partial charge < -0.3 is 10.2 Å². The van der Waals surface area contributed by atoms with Crippen LogP contribution < -0.4 is 5.32 Å². The van der Waals surface area contributed by atoms with Gasteiger partial charge in [-0.3, -0.25) is 9.59 Å². The first-order valence-corrected chi connectivity index (χ1v) is 11.6. The van der Waals surface area contributed by atoms with Crippen LogP contribution in [-0.4, -0.2) is 28.8 Å². The second-order valence-electron chi connectivity index (χ2n) is 8.68. The van der Waals surface area contributed by atoms with Crippen LogP contribution in [0.25, 0.3) is 0 Å². The summed E-state index contributed by atoms with van der Waals surface area (Å²) in [7, 11) is 0. The molecule has 0 spiro atoms. The van der Waals surface area contributed by atoms with Crippen molar-refractivity contribution in [3.63, 3.8) is 0 Å². The van der Waals surface area contributed by atoms with Gasteiger partial charge in [0, 0.05) is 24.0 Å². The molecule has 172 valence electrons. The average Bonchev–Trinajstić information content (AvgIpc) is 2.79. The molecule has 3 aromatic rings. The number of halogens is 1. The lowest BCUT2D eigenvalue weighted by molar-refractivity contribution is -0.141. The molecule has 0 aliphatic rings. The smallest absolute Gasteiger partial charge is 0.243 e. The lowest BCUT2D eigenvalue weighted by Gasteiger charge is -2.32. The van der Waals surface area contributed by atoms with Crippen molar-refractivity contribution in [2.75, 3.05) is 0 Å². The Morgan fingerprint density at radius 1 is 0.848 bits per heavy atom. The van der Waals surface area contributed by atoms with Crippen molar-refractivity contribution in [2.24, 2.45) is 0 Å². The number of carbonyl (C=O) groups excluding carboxylic acids is 2. The van der Waals surface area contributed by atoms with Gasteiger partial charge in [-0.15, -0.1) is 0 Å². The molecule has 0 aliphatic heterocycles. The lowest BCUT2D eigenvalue weighted by Crippen LogP contribution is -2.52. The molecule has 2 amide bonds. The van der Waals surface area contributed by atoms with Crippen molar-refractivity contribution in [1.82, 2.24) is 10.2 Å². The molecule has 4 nitrogen and oxygen atoms in total. The van der Waals surface area contributed by atoms with Gasteiger partial charge in [0.15, 0.2) is 0 Å². The third-order valence-electron chi connectivity index (χ3n) is 5.44. The Bertz CT molecular complexity index is 1050. The quantitative estimate of drug-likeness (QED) is 0.465. The SMILES string of the molecule is Cc1ccc(CN(C(=O)Cc2ccc(Cl)cc2)[C@H](Cc2ccccc2)C(=O)NC(C)C)cc1. The van der Waals surface area contributed by atoms with Crippen LogP contribution in [0, 0.1) is 6.92 Å². The summed E-state index contributed by atoms with van der Waals surface area (Å²) >= 11 is 6.01. The van der Waals surface area contributed by atoms with Crippen LogP contribution in [0.3, 0.4) is 0 Å². The Labute approximate surface area is 201 Å². The van der Waals surface area contributed by atoms with E-state index in [1.807, 2.05) is 87.5 Å². The molecule has 0 heterocycles. The maximum absolute atomic E-state index is 13.6. The van der Waals surface area contributed by atoms with E-state index in [-0.39, 0.29) is 24.3 Å². The number of benzene rings is 3. The number of nitrogens with one attached hydrogen (secondary N) is 1. The topological polar surface area (TPSA) is 49.4 Å². The first kappa shape index (κ1) is 24.5. The highest BCUT2D eigenvalue weighted by Crippen LogP contribution is 2.18. The predicted molar refractivity (Wildman–Crippen MR) is 134 cm³/mol. The molecular formula is C28H31ClN2O2. The third-order valence-corrected chi connectivity index (χ3v) is 5.70. The van der Waals surface area contributed by atoms with Gasteiger partial charge in [-0.05, 0) is 49.6 Å². The fourth-order valence-corrected chi connectivity index (χ4v) is 3.83. The molecule has 0 radical (unpaired) electrons. The summed E-state index contributed by atoms with van der Waals surface area (Å²) in [5, 5.41) is 3.64. The van der Waals surface area contributed by atoms with Crippen molar-refractivity contribution >= 4 is 23.4 Å². The van der Waals surface area contributed by atoms with E-state index in [1.54, 1.807) is 17.0 Å². The minimum Gasteiger partial charge on any atom is -0.352 e. The Kier molecular flexibility index (Phi) is 8.67. The minimum atomic E-state index is -0.629. The van der Waals surface area contributed by atoms with Gasteiger partial charge >= 0.3 is 0 Å². The fourth-order valence-electron chi connectivity index (χ4n) is 3.70. The monoisotopic (exact) mass is 462 g/mol. The standard InChI is InChI=1S/C28H31ClN2O2/c1-20(2)30-28(33)26(17-22-7-5-4-6-8-22)31(19-24-11-9-21(3)10-12-24)27(32)18-23-13-15-25(29)16-14-23/h4-16,20,26H,17-19H2,1-3H3,(H,30,33)/t26-/m1/s1. The molecule has 0 aromatic heterocycles. The summed E-state index contributed by atoms with van der Waals surface area (Å²) in [5.74, 6) is -0.247. The summed E-state index contributed by atoms with van der Waals surface area (Å²) < 4.78 is 0. The fraction of sp³-hybridized carbons (Fsp3) is 0.286. The van der Waals surface area contributed by atoms with E-state index in [0.29, 0.717) is 18.0 Å². The maximum atomic E-state index is 13.6. The summed E-state index contributed by atoms with van der Waals surface area (Å²) in [4.78, 5) is 28.6. The summed E-state index contributed by atoms with van der Waals surface area (Å²) in [6.45, 7) is 6.24. The molecule has 0 saturated heterocycles. The van der Waals surface area contributed by atoms with Crippen molar-refractivity contribution in [3.8, 4) is 0 Å². The highest BCUT2D eigenvalue weighted by atomic mass is 35.5. The zero-order valence-electron chi connectivity index (χ0n) is 19.4. The van der Waals surface area contributed by atoms with E-state index in [9.17, 15) is 9.59 Å². The lowest BCUT2D eigenvalue weighted by atomic mass is 10.0. The number of rotatable bonds is 9. The summed E-state index contributed by atoms with van der Waals surface area (Å²) in [6, 6.07) is 24.5. The molecular weight excluding hydrogens is 432 g/mol. The van der Waals surface area contributed by atoms with E-state index in [4.69, 9.17) is 11.6 Å². The number of hydrogen-bond acceptors (Lipinski definition) is 2. The Hall–Kier alpha value is -3.11. The van der Waals surface area contributed by atoms with Crippen LogP contribution in [0.15, 0.2) is 78.9 Å². The molecule has 0 fully saturated rings. The first-order valence-electron chi connectivity index (χ1n) is 11.3. The summed E-state index contributed by atoms with van der Waals surface area (Å²) in [5.41, 5.74) is 4.01. The van der Waals surface area contributed by atoms with Crippen molar-refractivity contribution < 1.29 is 9.59 Å². The second kappa shape index (κ2) is 11.7. The molecule has 5 heteroatoms. The van der Waals surface area contributed by atoms with Crippen LogP contribution in [0.2, 0.25) is 5.02 Å². The van der Waals surface area contributed by atoms with Gasteiger partial charge in [0.05, 0.1) is 6.42 Å². The normalized spacial score (nSPS) is 11.8. The molecule has 3 aromatic carbocycles. The molecule has 0 unspecified atom stereocenters. The second-order valence-corrected chi connectivity index (χ2v) is 9.12. The van der Waals surface area contributed by atoms with Gasteiger partial charge in [0.2, 0.25) is 11.8 Å². The van der Waals surface area contributed by atoms with Crippen LogP contribution in [0.4, 0.5) is 0 Å². The molecule has 3 rings (SSSR count). The van der Waals surface area contributed by atoms with Crippen LogP contribution in [0.1, 0.15) is 36.1 Å². The van der Waals surface area contributed by atoms with Gasteiger partial charge in [-0.1, -0.05) is 83.9 Å². The minimum absolute atomic E-state index is 0.0247. The van der Waals surface area contributed by atoms with Gasteiger partial charge in [0.25, 0.3) is 0 Å². The number of amides is 2. The molecule has 0 bridgehead atoms. The zero-order chi connectivity index (χ0) is 23.8. The number of hydrogen-bond donors (Lipinski definition) is 1. The maximum Gasteiger partial charge on any atom is 0.243 e. The predicted octanol–water partition coefficient (Wildman–Crippen LogP) is 5.36. The number of nitrogens with zero attached hydrogens (tertiary/aromatic N) is 1. The average molecular weight is 463 g/mol. The molecule has 0 saturated carbocycles. The zero-order valence-corrected chi connectivity index (χ0v) is 20.2. The van der Waals surface area contributed by atoms with E-state index in [1.165, 1.54) is 0 Å². The third kappa shape index (κ3) is 7.47. The van der Waals surface area contributed by atoms with E-state index in [2.05, 4.69) is 5.32 Å². The largest absolute Gasteiger partial charge is 0.352 e. The van der Waals surface area contributed by atoms with Gasteiger partial charge in [-0.25, -0.2) is 0 Å². The van der Waals surface area contributed by atoms with Crippen LogP contribution in [-0.2, 0) is 29.0 Å². The summed E-state index contributed by atoms with van der Waals surface area (Å²) in [6.07, 6.45) is 0.640. The van der Waals surface area contributed by atoms with Gasteiger partial charge in [0.1, 0.15) is 6.04 Å². The van der Waals surface area contributed by atoms with E-state index >= 15 is 0 Å². The Balaban J connectivity index is 1.95. The van der Waals surface area contributed by atoms with Gasteiger partial charge in [-0.2, -0.15) is 0 Å². The van der Waals surface area contributed by atoms with E-state index in [0.717, 1.165) is 22.3 Å². The van der Waals surface area contributed by atoms with Crippen molar-refractivity contribution in [1.29, 1.82) is 0 Å². The van der Waals surface area contributed by atoms with E-state index < -0.39 is 6.04 Å². The number of aryl methyl sites for hydroxylation is 1. The Morgan fingerprint density at radius 3 is 2.06 bits per heavy atom.